The molecule has 0 spiro atoms. The van der Waals surface area contributed by atoms with Crippen molar-refractivity contribution in [3.8, 4) is 11.5 Å². The lowest BCUT2D eigenvalue weighted by atomic mass is 10.3. The van der Waals surface area contributed by atoms with E-state index in [1.165, 1.54) is 10.6 Å². The summed E-state index contributed by atoms with van der Waals surface area (Å²) in [5.74, 6) is 1.83. The third kappa shape index (κ3) is 2.55. The van der Waals surface area contributed by atoms with Gasteiger partial charge in [-0.05, 0) is 48.5 Å². The van der Waals surface area contributed by atoms with Crippen LogP contribution >= 0.6 is 34.7 Å². The van der Waals surface area contributed by atoms with Crippen LogP contribution in [-0.4, -0.2) is 14.2 Å². The van der Waals surface area contributed by atoms with Crippen LogP contribution in [0.2, 0.25) is 0 Å². The summed E-state index contributed by atoms with van der Waals surface area (Å²) in [6.45, 7) is 0.939. The summed E-state index contributed by atoms with van der Waals surface area (Å²) in [6, 6.07) is 17.1. The van der Waals surface area contributed by atoms with Crippen LogP contribution in [0.5, 0.6) is 11.5 Å². The second-order valence-corrected chi connectivity index (χ2v) is 17.2. The highest BCUT2D eigenvalue weighted by atomic mass is 33.6. The van der Waals surface area contributed by atoms with Crippen LogP contribution in [0.1, 0.15) is 0 Å². The van der Waals surface area contributed by atoms with Gasteiger partial charge in [0.2, 0.25) is 5.67 Å². The van der Waals surface area contributed by atoms with Gasteiger partial charge in [0, 0.05) is 0 Å². The largest absolute Gasteiger partial charge is 0.497 e. The molecule has 1 fully saturated rings. The van der Waals surface area contributed by atoms with Crippen molar-refractivity contribution in [3.63, 3.8) is 0 Å². The summed E-state index contributed by atoms with van der Waals surface area (Å²) < 4.78 is 10.5. The Kier molecular flexibility index (Phi) is 4.47. The molecule has 2 aromatic carbocycles. The maximum atomic E-state index is 5.25. The molecular formula is C14H15O2P2S2+. The molecule has 1 saturated heterocycles. The van der Waals surface area contributed by atoms with E-state index in [2.05, 4.69) is 70.5 Å². The van der Waals surface area contributed by atoms with Crippen molar-refractivity contribution in [2.24, 2.45) is 0 Å². The molecule has 3 rings (SSSR count). The summed E-state index contributed by atoms with van der Waals surface area (Å²) >= 11 is 4.21. The van der Waals surface area contributed by atoms with Crippen molar-refractivity contribution in [1.82, 2.24) is 0 Å². The van der Waals surface area contributed by atoms with Gasteiger partial charge in [0.05, 0.1) is 43.2 Å². The first kappa shape index (κ1) is 14.5. The Morgan fingerprint density at radius 3 is 1.40 bits per heavy atom. The standard InChI is InChI=1S/C14H15O2P2S2/c1-15-11-3-7-13(8-4-11)18(19-17-20-18)14-9-5-12(16-2)6-10-14/h3-10,17H,1-2H3/q+1. The smallest absolute Gasteiger partial charge is 0.207 e. The third-order valence-corrected chi connectivity index (χ3v) is 24.3. The molecule has 0 N–H and O–H groups in total. The Bertz CT molecular complexity index is 534. The van der Waals surface area contributed by atoms with Gasteiger partial charge < -0.3 is 9.47 Å². The molecular weight excluding hydrogens is 326 g/mol. The van der Waals surface area contributed by atoms with Crippen LogP contribution in [0, 0.1) is 0 Å². The van der Waals surface area contributed by atoms with Crippen molar-refractivity contribution in [3.05, 3.63) is 48.5 Å². The number of benzene rings is 2. The molecule has 0 amide bonds. The number of methoxy groups -OCH3 is 2. The average Bonchev–Trinajstić information content (AvgIpc) is 2.47. The Morgan fingerprint density at radius 1 is 0.750 bits per heavy atom. The third-order valence-electron chi connectivity index (χ3n) is 3.16. The van der Waals surface area contributed by atoms with Gasteiger partial charge in [-0.15, -0.1) is 0 Å². The highest BCUT2D eigenvalue weighted by Gasteiger charge is 2.54. The lowest BCUT2D eigenvalue weighted by molar-refractivity contribution is 0.415. The number of rotatable bonds is 4. The zero-order chi connectivity index (χ0) is 14.0. The van der Waals surface area contributed by atoms with Crippen molar-refractivity contribution in [2.45, 2.75) is 0 Å². The van der Waals surface area contributed by atoms with Crippen LogP contribution in [0.25, 0.3) is 0 Å². The minimum absolute atomic E-state index is 0.916. The van der Waals surface area contributed by atoms with Crippen molar-refractivity contribution in [1.29, 1.82) is 0 Å². The van der Waals surface area contributed by atoms with Crippen molar-refractivity contribution < 1.29 is 9.47 Å². The van der Waals surface area contributed by atoms with E-state index in [4.69, 9.17) is 9.47 Å². The summed E-state index contributed by atoms with van der Waals surface area (Å²) in [5, 5.41) is 2.86. The molecule has 6 heteroatoms. The first-order chi connectivity index (χ1) is 9.78. The van der Waals surface area contributed by atoms with Gasteiger partial charge in [-0.25, -0.2) is 0 Å². The monoisotopic (exact) mass is 341 g/mol. The Balaban J connectivity index is 1.96. The quantitative estimate of drug-likeness (QED) is 0.763. The zero-order valence-corrected chi connectivity index (χ0v) is 14.7. The Labute approximate surface area is 129 Å². The van der Waals surface area contributed by atoms with Crippen LogP contribution in [0.3, 0.4) is 0 Å². The highest BCUT2D eigenvalue weighted by Crippen LogP contribution is 2.98. The van der Waals surface area contributed by atoms with Crippen LogP contribution in [0.4, 0.5) is 0 Å². The molecule has 1 aliphatic rings. The van der Waals surface area contributed by atoms with Crippen LogP contribution < -0.4 is 20.1 Å². The molecule has 0 saturated carbocycles. The molecule has 1 aliphatic heterocycles. The van der Waals surface area contributed by atoms with Gasteiger partial charge in [0.25, 0.3) is 0 Å². The molecule has 104 valence electrons. The maximum absolute atomic E-state index is 5.25. The minimum Gasteiger partial charge on any atom is -0.497 e. The summed E-state index contributed by atoms with van der Waals surface area (Å²) in [5.41, 5.74) is -1.30. The first-order valence-corrected chi connectivity index (χ1v) is 13.2. The zero-order valence-electron chi connectivity index (χ0n) is 11.2. The molecule has 20 heavy (non-hydrogen) atoms. The van der Waals surface area contributed by atoms with E-state index in [0.717, 1.165) is 18.5 Å². The summed E-state index contributed by atoms with van der Waals surface area (Å²) in [7, 11) is 3.41. The number of hydrogen-bond acceptors (Lipinski definition) is 4. The van der Waals surface area contributed by atoms with Gasteiger partial charge in [0.1, 0.15) is 22.1 Å². The van der Waals surface area contributed by atoms with E-state index in [0.29, 0.717) is 0 Å². The predicted octanol–water partition coefficient (Wildman–Crippen LogP) is 4.49. The van der Waals surface area contributed by atoms with E-state index >= 15 is 0 Å². The molecule has 0 aliphatic carbocycles. The molecule has 1 heterocycles. The van der Waals surface area contributed by atoms with Crippen LogP contribution in [0.15, 0.2) is 48.5 Å². The Hall–Kier alpha value is -0.400. The molecule has 0 radical (unpaired) electrons. The Morgan fingerprint density at radius 2 is 1.15 bits per heavy atom. The second kappa shape index (κ2) is 6.15. The van der Waals surface area contributed by atoms with Gasteiger partial charge in [-0.2, -0.15) is 0 Å². The maximum Gasteiger partial charge on any atom is 0.207 e. The molecule has 0 aromatic heterocycles. The first-order valence-electron chi connectivity index (χ1n) is 6.09. The topological polar surface area (TPSA) is 18.5 Å². The summed E-state index contributed by atoms with van der Waals surface area (Å²) in [6.07, 6.45) is 0. The fraction of sp³-hybridized carbons (Fsp3) is 0.143. The molecule has 2 nitrogen and oxygen atoms in total. The van der Waals surface area contributed by atoms with E-state index in [1.807, 2.05) is 0 Å². The predicted molar refractivity (Wildman–Crippen MR) is 95.7 cm³/mol. The van der Waals surface area contributed by atoms with Gasteiger partial charge in [-0.1, -0.05) is 0 Å². The van der Waals surface area contributed by atoms with Crippen molar-refractivity contribution >= 4 is 45.3 Å². The normalized spacial score (nSPS) is 16.3. The fourth-order valence-corrected chi connectivity index (χ4v) is 19.3. The minimum atomic E-state index is -1.30. The second-order valence-electron chi connectivity index (χ2n) is 4.21. The molecule has 0 atom stereocenters. The highest BCUT2D eigenvalue weighted by molar-refractivity contribution is 9.38. The fourth-order valence-electron chi connectivity index (χ4n) is 2.03. The lowest BCUT2D eigenvalue weighted by Crippen LogP contribution is -2.18. The van der Waals surface area contributed by atoms with Crippen LogP contribution in [-0.2, 0) is 0 Å². The van der Waals surface area contributed by atoms with E-state index < -0.39 is 5.67 Å². The van der Waals surface area contributed by atoms with Crippen molar-refractivity contribution in [2.75, 3.05) is 14.2 Å². The van der Waals surface area contributed by atoms with E-state index in [9.17, 15) is 0 Å². The van der Waals surface area contributed by atoms with E-state index in [1.54, 1.807) is 14.2 Å². The van der Waals surface area contributed by atoms with Gasteiger partial charge in [0.15, 0.2) is 0 Å². The van der Waals surface area contributed by atoms with Gasteiger partial charge in [-0.3, -0.25) is 0 Å². The SMILES string of the molecule is COc1ccc([P+]2(c3ccc(OC)cc3)SPS2)cc1. The molecule has 2 aromatic rings. The van der Waals surface area contributed by atoms with E-state index in [-0.39, 0.29) is 0 Å². The van der Waals surface area contributed by atoms with Gasteiger partial charge >= 0.3 is 0 Å². The molecule has 0 unspecified atom stereocenters. The number of ether oxygens (including phenoxy) is 2. The lowest BCUT2D eigenvalue weighted by Gasteiger charge is -2.29. The summed E-state index contributed by atoms with van der Waals surface area (Å²) in [4.78, 5) is 0. The molecule has 0 bridgehead atoms. The average molecular weight is 341 g/mol. The number of hydrogen-bond donors (Lipinski definition) is 0.